The summed E-state index contributed by atoms with van der Waals surface area (Å²) in [5.74, 6) is 1.15. The van der Waals surface area contributed by atoms with Crippen LogP contribution in [0.4, 0.5) is 5.69 Å². The maximum Gasteiger partial charge on any atom is 0.245 e. The average Bonchev–Trinajstić information content (AvgIpc) is 2.64. The zero-order valence-electron chi connectivity index (χ0n) is 14.2. The molecule has 0 saturated carbocycles. The number of rotatable bonds is 7. The van der Waals surface area contributed by atoms with Gasteiger partial charge in [0.25, 0.3) is 0 Å². The molecule has 1 unspecified atom stereocenters. The van der Waals surface area contributed by atoms with E-state index in [1.165, 1.54) is 0 Å². The van der Waals surface area contributed by atoms with Crippen LogP contribution in [0, 0.1) is 5.41 Å². The first kappa shape index (κ1) is 22.1. The van der Waals surface area contributed by atoms with Crippen molar-refractivity contribution in [3.05, 3.63) is 29.8 Å². The number of amidine groups is 1. The van der Waals surface area contributed by atoms with E-state index in [0.717, 1.165) is 11.5 Å². The van der Waals surface area contributed by atoms with Gasteiger partial charge >= 0.3 is 0 Å². The van der Waals surface area contributed by atoms with Gasteiger partial charge in [-0.2, -0.15) is 11.8 Å². The molecule has 1 atom stereocenters. The minimum atomic E-state index is -0.896. The van der Waals surface area contributed by atoms with E-state index in [2.05, 4.69) is 10.6 Å². The quantitative estimate of drug-likeness (QED) is 0.319. The number of nitrogens with one attached hydrogen (secondary N) is 3. The summed E-state index contributed by atoms with van der Waals surface area (Å²) in [6, 6.07) is 5.81. The van der Waals surface area contributed by atoms with Gasteiger partial charge in [-0.05, 0) is 12.1 Å². The van der Waals surface area contributed by atoms with Crippen molar-refractivity contribution >= 4 is 47.5 Å². The summed E-state index contributed by atoms with van der Waals surface area (Å²) in [5, 5.41) is 22.3. The van der Waals surface area contributed by atoms with Crippen LogP contribution >= 0.6 is 24.2 Å². The van der Waals surface area contributed by atoms with Crippen LogP contribution in [-0.2, 0) is 9.59 Å². The summed E-state index contributed by atoms with van der Waals surface area (Å²) in [6.07, 6.45) is 0. The zero-order valence-corrected chi connectivity index (χ0v) is 15.9. The second kappa shape index (κ2) is 10.9. The first-order valence-electron chi connectivity index (χ1n) is 7.96. The Morgan fingerprint density at radius 2 is 2.04 bits per heavy atom. The Bertz CT molecular complexity index is 640. The van der Waals surface area contributed by atoms with Crippen LogP contribution < -0.4 is 16.4 Å². The van der Waals surface area contributed by atoms with E-state index in [1.807, 2.05) is 0 Å². The van der Waals surface area contributed by atoms with Crippen LogP contribution in [0.1, 0.15) is 5.56 Å². The van der Waals surface area contributed by atoms with Crippen LogP contribution in [0.5, 0.6) is 0 Å². The summed E-state index contributed by atoms with van der Waals surface area (Å²) in [6.45, 7) is 0.873. The van der Waals surface area contributed by atoms with Crippen molar-refractivity contribution in [2.45, 2.75) is 6.04 Å². The molecule has 2 amide bonds. The largest absolute Gasteiger partial charge is 0.394 e. The fraction of sp³-hybridized carbons (Fsp3) is 0.438. The second-order valence-electron chi connectivity index (χ2n) is 5.58. The molecule has 0 bridgehead atoms. The van der Waals surface area contributed by atoms with Crippen LogP contribution in [0.15, 0.2) is 24.3 Å². The molecule has 1 heterocycles. The molecule has 1 aromatic carbocycles. The highest BCUT2D eigenvalue weighted by atomic mass is 35.5. The molecule has 6 N–H and O–H groups in total. The van der Waals surface area contributed by atoms with Gasteiger partial charge in [0.15, 0.2) is 0 Å². The molecule has 10 heteroatoms. The van der Waals surface area contributed by atoms with Gasteiger partial charge in [0.1, 0.15) is 11.9 Å². The number of anilines is 1. The Hall–Kier alpha value is -1.97. The predicted molar refractivity (Wildman–Crippen MR) is 106 cm³/mol. The number of nitrogens with zero attached hydrogens (tertiary/aromatic N) is 1. The van der Waals surface area contributed by atoms with E-state index < -0.39 is 18.6 Å². The van der Waals surface area contributed by atoms with Crippen LogP contribution in [0.25, 0.3) is 0 Å². The number of benzene rings is 1. The number of amides is 2. The van der Waals surface area contributed by atoms with Gasteiger partial charge < -0.3 is 26.4 Å². The molecule has 144 valence electrons. The fourth-order valence-electron chi connectivity index (χ4n) is 2.38. The number of halogens is 1. The number of hydrogen-bond donors (Lipinski definition) is 5. The Morgan fingerprint density at radius 3 is 2.65 bits per heavy atom. The van der Waals surface area contributed by atoms with Gasteiger partial charge in [0, 0.05) is 35.8 Å². The number of aliphatic hydroxyl groups is 1. The Kier molecular flexibility index (Phi) is 9.25. The molecule has 2 rings (SSSR count). The van der Waals surface area contributed by atoms with Crippen molar-refractivity contribution in [1.82, 2.24) is 10.2 Å². The molecule has 1 saturated heterocycles. The smallest absolute Gasteiger partial charge is 0.245 e. The van der Waals surface area contributed by atoms with Crippen LogP contribution in [-0.4, -0.2) is 71.4 Å². The van der Waals surface area contributed by atoms with Crippen molar-refractivity contribution < 1.29 is 14.7 Å². The minimum Gasteiger partial charge on any atom is -0.394 e. The number of nitrogen functional groups attached to an aromatic ring is 1. The van der Waals surface area contributed by atoms with Crippen molar-refractivity contribution in [2.75, 3.05) is 43.1 Å². The molecule has 0 spiro atoms. The normalized spacial score (nSPS) is 14.7. The number of carbonyl (C=O) groups excluding carboxylic acids is 2. The zero-order chi connectivity index (χ0) is 18.2. The van der Waals surface area contributed by atoms with Crippen molar-refractivity contribution in [1.29, 1.82) is 5.41 Å². The highest BCUT2D eigenvalue weighted by Crippen LogP contribution is 2.12. The molecule has 1 aliphatic rings. The van der Waals surface area contributed by atoms with Gasteiger partial charge in [0.05, 0.1) is 13.2 Å². The number of carbonyl (C=O) groups is 2. The molecular formula is C16H24ClN5O3S. The maximum atomic E-state index is 12.2. The van der Waals surface area contributed by atoms with Crippen LogP contribution in [0.3, 0.4) is 0 Å². The number of aliphatic hydroxyl groups excluding tert-OH is 1. The summed E-state index contributed by atoms with van der Waals surface area (Å²) >= 11 is 1.81. The average molecular weight is 402 g/mol. The number of hydrogen-bond acceptors (Lipinski definition) is 6. The summed E-state index contributed by atoms with van der Waals surface area (Å²) < 4.78 is 0. The summed E-state index contributed by atoms with van der Waals surface area (Å²) in [7, 11) is 0. The van der Waals surface area contributed by atoms with Crippen molar-refractivity contribution in [3.63, 3.8) is 0 Å². The topological polar surface area (TPSA) is 132 Å². The molecule has 26 heavy (non-hydrogen) atoms. The number of thioether (sulfide) groups is 1. The molecular weight excluding hydrogens is 378 g/mol. The lowest BCUT2D eigenvalue weighted by Gasteiger charge is -2.26. The lowest BCUT2D eigenvalue weighted by Crippen LogP contribution is -2.48. The Morgan fingerprint density at radius 1 is 1.35 bits per heavy atom. The van der Waals surface area contributed by atoms with Gasteiger partial charge in [-0.1, -0.05) is 12.1 Å². The standard InChI is InChI=1S/C16H23N5O3S.ClH/c17-15(18)11-2-1-3-12(8-11)20-13(10-22)16(24)19-9-14(23)21-4-6-25-7-5-21;/h1-3,8,13,20,22H,4-7,9-10H2,(H3,17,18)(H,19,24);1H. The SMILES string of the molecule is Cl.N=C(N)c1cccc(NC(CO)C(=O)NCC(=O)N2CCSCC2)c1. The van der Waals surface area contributed by atoms with E-state index in [4.69, 9.17) is 11.1 Å². The molecule has 8 nitrogen and oxygen atoms in total. The third-order valence-electron chi connectivity index (χ3n) is 3.79. The molecule has 1 aromatic rings. The molecule has 0 aliphatic carbocycles. The summed E-state index contributed by atoms with van der Waals surface area (Å²) in [4.78, 5) is 26.0. The number of nitrogens with two attached hydrogens (primary N) is 1. The Balaban J connectivity index is 0.00000338. The van der Waals surface area contributed by atoms with E-state index >= 15 is 0 Å². The van der Waals surface area contributed by atoms with Crippen molar-refractivity contribution in [3.8, 4) is 0 Å². The lowest BCUT2D eigenvalue weighted by molar-refractivity contribution is -0.132. The molecule has 0 aromatic heterocycles. The van der Waals surface area contributed by atoms with E-state index in [9.17, 15) is 14.7 Å². The van der Waals surface area contributed by atoms with E-state index in [-0.39, 0.29) is 30.7 Å². The minimum absolute atomic E-state index is 0. The molecule has 1 aliphatic heterocycles. The van der Waals surface area contributed by atoms with Gasteiger partial charge in [-0.25, -0.2) is 0 Å². The van der Waals surface area contributed by atoms with Crippen LogP contribution in [0.2, 0.25) is 0 Å². The summed E-state index contributed by atoms with van der Waals surface area (Å²) in [5.41, 5.74) is 6.51. The van der Waals surface area contributed by atoms with Gasteiger partial charge in [-0.3, -0.25) is 15.0 Å². The first-order chi connectivity index (χ1) is 12.0. The van der Waals surface area contributed by atoms with Gasteiger partial charge in [0.2, 0.25) is 11.8 Å². The van der Waals surface area contributed by atoms with E-state index in [0.29, 0.717) is 24.3 Å². The predicted octanol–water partition coefficient (Wildman–Crippen LogP) is -0.143. The first-order valence-corrected chi connectivity index (χ1v) is 9.12. The lowest BCUT2D eigenvalue weighted by atomic mass is 10.1. The Labute approximate surface area is 162 Å². The third kappa shape index (κ3) is 6.40. The fourth-order valence-corrected chi connectivity index (χ4v) is 3.29. The highest BCUT2D eigenvalue weighted by Gasteiger charge is 2.21. The van der Waals surface area contributed by atoms with Crippen molar-refractivity contribution in [2.24, 2.45) is 5.73 Å². The highest BCUT2D eigenvalue weighted by molar-refractivity contribution is 7.99. The third-order valence-corrected chi connectivity index (χ3v) is 4.73. The molecule has 1 fully saturated rings. The second-order valence-corrected chi connectivity index (χ2v) is 6.81. The molecule has 0 radical (unpaired) electrons. The van der Waals surface area contributed by atoms with E-state index in [1.54, 1.807) is 40.9 Å². The monoisotopic (exact) mass is 401 g/mol. The van der Waals surface area contributed by atoms with Gasteiger partial charge in [-0.15, -0.1) is 12.4 Å². The maximum absolute atomic E-state index is 12.2.